The van der Waals surface area contributed by atoms with Crippen LogP contribution in [0, 0.1) is 5.92 Å². The number of aliphatic hydroxyl groups excluding tert-OH is 1. The average molecular weight is 267 g/mol. The van der Waals surface area contributed by atoms with Gasteiger partial charge in [-0.15, -0.1) is 0 Å². The van der Waals surface area contributed by atoms with E-state index < -0.39 is 0 Å². The molecule has 0 unspecified atom stereocenters. The maximum Gasteiger partial charge on any atom is 0.123 e. The minimum absolute atomic E-state index is 0.119. The molecule has 0 saturated carbocycles. The van der Waals surface area contributed by atoms with Crippen molar-refractivity contribution in [3.63, 3.8) is 0 Å². The third kappa shape index (κ3) is 4.11. The lowest BCUT2D eigenvalue weighted by atomic mass is 10.0. The first-order valence-electron chi connectivity index (χ1n) is 6.62. The fraction of sp³-hybridized carbons (Fsp3) is 0.600. The first-order chi connectivity index (χ1) is 9.03. The highest BCUT2D eigenvalue weighted by molar-refractivity contribution is 5.42. The summed E-state index contributed by atoms with van der Waals surface area (Å²) >= 11 is 0. The predicted octanol–water partition coefficient (Wildman–Crippen LogP) is 2.37. The summed E-state index contributed by atoms with van der Waals surface area (Å²) in [5.41, 5.74) is 1.05. The van der Waals surface area contributed by atoms with Gasteiger partial charge in [-0.1, -0.05) is 6.92 Å². The van der Waals surface area contributed by atoms with Crippen LogP contribution in [-0.4, -0.2) is 32.0 Å². The summed E-state index contributed by atoms with van der Waals surface area (Å²) < 4.78 is 10.6. The van der Waals surface area contributed by atoms with E-state index in [1.54, 1.807) is 14.2 Å². The zero-order chi connectivity index (χ0) is 14.4. The van der Waals surface area contributed by atoms with Gasteiger partial charge in [0.25, 0.3) is 0 Å². The Bertz CT molecular complexity index is 395. The molecule has 2 N–H and O–H groups in total. The molecule has 0 aromatic heterocycles. The van der Waals surface area contributed by atoms with Gasteiger partial charge in [-0.25, -0.2) is 0 Å². The highest BCUT2D eigenvalue weighted by atomic mass is 16.5. The summed E-state index contributed by atoms with van der Waals surface area (Å²) in [4.78, 5) is 0. The van der Waals surface area contributed by atoms with Crippen LogP contribution in [0.2, 0.25) is 0 Å². The van der Waals surface area contributed by atoms with Crippen molar-refractivity contribution < 1.29 is 14.6 Å². The Morgan fingerprint density at radius 3 is 2.37 bits per heavy atom. The second-order valence-corrected chi connectivity index (χ2v) is 4.94. The second-order valence-electron chi connectivity index (χ2n) is 4.94. The third-order valence-corrected chi connectivity index (χ3v) is 3.56. The Kier molecular flexibility index (Phi) is 6.12. The Labute approximate surface area is 115 Å². The summed E-state index contributed by atoms with van der Waals surface area (Å²) in [5, 5.41) is 12.7. The first-order valence-corrected chi connectivity index (χ1v) is 6.62. The van der Waals surface area contributed by atoms with E-state index >= 15 is 0 Å². The maximum atomic E-state index is 9.19. The van der Waals surface area contributed by atoms with Gasteiger partial charge in [0.15, 0.2) is 0 Å². The lowest BCUT2D eigenvalue weighted by Gasteiger charge is -2.25. The summed E-state index contributed by atoms with van der Waals surface area (Å²) in [5.74, 6) is 1.86. The molecule has 0 aliphatic heterocycles. The van der Waals surface area contributed by atoms with E-state index in [9.17, 15) is 5.11 Å². The van der Waals surface area contributed by atoms with Crippen LogP contribution in [0.5, 0.6) is 11.5 Å². The van der Waals surface area contributed by atoms with Gasteiger partial charge in [-0.3, -0.25) is 0 Å². The Morgan fingerprint density at radius 1 is 1.16 bits per heavy atom. The van der Waals surface area contributed by atoms with Gasteiger partial charge in [0.1, 0.15) is 11.5 Å². The maximum absolute atomic E-state index is 9.19. The molecule has 0 aliphatic rings. The highest BCUT2D eigenvalue weighted by Gasteiger charge is 2.18. The van der Waals surface area contributed by atoms with E-state index in [-0.39, 0.29) is 24.6 Å². The number of rotatable bonds is 7. The van der Waals surface area contributed by atoms with Crippen molar-refractivity contribution in [2.24, 2.45) is 5.92 Å². The molecule has 108 valence electrons. The SMILES string of the molecule is COc1ccc(OC)c([C@H](C)N[C@@H](C)[C@H](C)CO)c1. The van der Waals surface area contributed by atoms with Crippen LogP contribution in [0.25, 0.3) is 0 Å². The van der Waals surface area contributed by atoms with E-state index in [1.807, 2.05) is 25.1 Å². The van der Waals surface area contributed by atoms with Crippen LogP contribution in [-0.2, 0) is 0 Å². The molecule has 4 nitrogen and oxygen atoms in total. The molecule has 1 aromatic rings. The Morgan fingerprint density at radius 2 is 1.84 bits per heavy atom. The van der Waals surface area contributed by atoms with Crippen molar-refractivity contribution in [1.82, 2.24) is 5.32 Å². The number of methoxy groups -OCH3 is 2. The molecule has 0 spiro atoms. The molecule has 0 radical (unpaired) electrons. The molecule has 1 rings (SSSR count). The van der Waals surface area contributed by atoms with Gasteiger partial charge in [0.05, 0.1) is 14.2 Å². The van der Waals surface area contributed by atoms with Crippen molar-refractivity contribution in [2.75, 3.05) is 20.8 Å². The molecule has 0 fully saturated rings. The van der Waals surface area contributed by atoms with Gasteiger partial charge in [-0.2, -0.15) is 0 Å². The van der Waals surface area contributed by atoms with Crippen molar-refractivity contribution in [3.05, 3.63) is 23.8 Å². The van der Waals surface area contributed by atoms with Crippen molar-refractivity contribution >= 4 is 0 Å². The normalized spacial score (nSPS) is 15.7. The minimum atomic E-state index is 0.119. The van der Waals surface area contributed by atoms with Crippen LogP contribution >= 0.6 is 0 Å². The van der Waals surface area contributed by atoms with Crippen LogP contribution in [0.15, 0.2) is 18.2 Å². The molecule has 3 atom stereocenters. The number of hydrogen-bond acceptors (Lipinski definition) is 4. The van der Waals surface area contributed by atoms with Crippen molar-refractivity contribution in [3.8, 4) is 11.5 Å². The Balaban J connectivity index is 2.88. The van der Waals surface area contributed by atoms with E-state index in [0.29, 0.717) is 0 Å². The van der Waals surface area contributed by atoms with Gasteiger partial charge in [-0.05, 0) is 38.0 Å². The van der Waals surface area contributed by atoms with Gasteiger partial charge < -0.3 is 19.9 Å². The van der Waals surface area contributed by atoms with Crippen LogP contribution < -0.4 is 14.8 Å². The summed E-state index contributed by atoms with van der Waals surface area (Å²) in [6.07, 6.45) is 0. The van der Waals surface area contributed by atoms with E-state index in [2.05, 4.69) is 19.2 Å². The first kappa shape index (κ1) is 15.8. The molecule has 0 bridgehead atoms. The Hall–Kier alpha value is -1.26. The minimum Gasteiger partial charge on any atom is -0.497 e. The molecular formula is C15H25NO3. The van der Waals surface area contributed by atoms with Gasteiger partial charge in [0.2, 0.25) is 0 Å². The lowest BCUT2D eigenvalue weighted by Crippen LogP contribution is -2.35. The van der Waals surface area contributed by atoms with Gasteiger partial charge in [0, 0.05) is 24.3 Å². The van der Waals surface area contributed by atoms with Crippen molar-refractivity contribution in [2.45, 2.75) is 32.9 Å². The van der Waals surface area contributed by atoms with E-state index in [0.717, 1.165) is 17.1 Å². The van der Waals surface area contributed by atoms with Crippen LogP contribution in [0.1, 0.15) is 32.4 Å². The fourth-order valence-electron chi connectivity index (χ4n) is 1.98. The molecule has 0 saturated heterocycles. The number of hydrogen-bond donors (Lipinski definition) is 2. The second kappa shape index (κ2) is 7.36. The fourth-order valence-corrected chi connectivity index (χ4v) is 1.98. The number of ether oxygens (including phenoxy) is 2. The monoisotopic (exact) mass is 267 g/mol. The molecule has 0 amide bonds. The zero-order valence-corrected chi connectivity index (χ0v) is 12.4. The smallest absolute Gasteiger partial charge is 0.123 e. The van der Waals surface area contributed by atoms with Crippen LogP contribution in [0.3, 0.4) is 0 Å². The predicted molar refractivity (Wildman–Crippen MR) is 76.8 cm³/mol. The highest BCUT2D eigenvalue weighted by Crippen LogP contribution is 2.29. The van der Waals surface area contributed by atoms with E-state index in [1.165, 1.54) is 0 Å². The van der Waals surface area contributed by atoms with Gasteiger partial charge >= 0.3 is 0 Å². The average Bonchev–Trinajstić information content (AvgIpc) is 2.45. The standard InChI is InChI=1S/C15H25NO3/c1-10(9-17)11(2)16-12(3)14-8-13(18-4)6-7-15(14)19-5/h6-8,10-12,16-17H,9H2,1-5H3/t10-,11+,12+/m1/s1. The third-order valence-electron chi connectivity index (χ3n) is 3.56. The zero-order valence-electron chi connectivity index (χ0n) is 12.4. The molecule has 0 aliphatic carbocycles. The number of nitrogens with one attached hydrogen (secondary N) is 1. The number of benzene rings is 1. The number of aliphatic hydroxyl groups is 1. The molecule has 19 heavy (non-hydrogen) atoms. The molecular weight excluding hydrogens is 242 g/mol. The molecule has 4 heteroatoms. The summed E-state index contributed by atoms with van der Waals surface area (Å²) in [7, 11) is 3.32. The topological polar surface area (TPSA) is 50.7 Å². The van der Waals surface area contributed by atoms with Crippen LogP contribution in [0.4, 0.5) is 0 Å². The summed E-state index contributed by atoms with van der Waals surface area (Å²) in [6, 6.07) is 6.11. The summed E-state index contributed by atoms with van der Waals surface area (Å²) in [6.45, 7) is 6.35. The van der Waals surface area contributed by atoms with Crippen molar-refractivity contribution in [1.29, 1.82) is 0 Å². The van der Waals surface area contributed by atoms with E-state index in [4.69, 9.17) is 9.47 Å². The largest absolute Gasteiger partial charge is 0.497 e. The quantitative estimate of drug-likeness (QED) is 0.796. The lowest BCUT2D eigenvalue weighted by molar-refractivity contribution is 0.202. The molecule has 0 heterocycles. The molecule has 1 aromatic carbocycles.